The molecule has 166 valence electrons. The van der Waals surface area contributed by atoms with Gasteiger partial charge in [-0.2, -0.15) is 0 Å². The van der Waals surface area contributed by atoms with E-state index < -0.39 is 0 Å². The van der Waals surface area contributed by atoms with Gasteiger partial charge in [0.1, 0.15) is 0 Å². The zero-order valence-electron chi connectivity index (χ0n) is 18.3. The summed E-state index contributed by atoms with van der Waals surface area (Å²) in [6.07, 6.45) is 0. The molecule has 0 fully saturated rings. The molecule has 2 aromatic heterocycles. The molecule has 2 heterocycles. The smallest absolute Gasteiger partial charge is 0.196 e. The first-order valence-electron chi connectivity index (χ1n) is 11.1. The molecule has 0 unspecified atom stereocenters. The van der Waals surface area contributed by atoms with Gasteiger partial charge in [-0.25, -0.2) is 0 Å². The maximum absolute atomic E-state index is 4.67. The normalized spacial score (nSPS) is 11.4. The topological polar surface area (TPSA) is 35.6 Å². The zero-order chi connectivity index (χ0) is 22.9. The van der Waals surface area contributed by atoms with Gasteiger partial charge in [0, 0.05) is 37.7 Å². The molecule has 0 aliphatic rings. The molecule has 0 aliphatic heterocycles. The third-order valence-corrected chi connectivity index (χ3v) is 7.50. The Morgan fingerprint density at radius 3 is 1.97 bits per heavy atom. The van der Waals surface area contributed by atoms with E-state index in [0.29, 0.717) is 6.54 Å². The molecule has 0 N–H and O–H groups in total. The molecule has 0 aliphatic carbocycles. The van der Waals surface area contributed by atoms with E-state index in [-0.39, 0.29) is 0 Å². The Kier molecular flexibility index (Phi) is 5.69. The van der Waals surface area contributed by atoms with Gasteiger partial charge >= 0.3 is 0 Å². The summed E-state index contributed by atoms with van der Waals surface area (Å²) >= 11 is 5.22. The standard InChI is InChI=1S/C28H21BrN4S/c29-21-16-14-20(15-17-21)19-34-28-31-30-27(33(28)22-8-2-1-3-9-22)18-32-25-12-6-4-10-23(25)24-11-5-7-13-26(24)32/h1-17H,18-19H2. The number of thioether (sulfide) groups is 1. The second kappa shape index (κ2) is 9.12. The molecule has 0 radical (unpaired) electrons. The van der Waals surface area contributed by atoms with E-state index in [9.17, 15) is 0 Å². The van der Waals surface area contributed by atoms with E-state index in [2.05, 4.69) is 132 Å². The van der Waals surface area contributed by atoms with Gasteiger partial charge < -0.3 is 4.57 Å². The quantitative estimate of drug-likeness (QED) is 0.212. The van der Waals surface area contributed by atoms with Gasteiger partial charge in [-0.15, -0.1) is 10.2 Å². The number of nitrogens with zero attached hydrogens (tertiary/aromatic N) is 4. The summed E-state index contributed by atoms with van der Waals surface area (Å²) in [5, 5.41) is 12.7. The average Bonchev–Trinajstić information content (AvgIpc) is 3.44. The lowest BCUT2D eigenvalue weighted by atomic mass is 10.2. The van der Waals surface area contributed by atoms with Crippen LogP contribution in [0.2, 0.25) is 0 Å². The highest BCUT2D eigenvalue weighted by Crippen LogP contribution is 2.31. The Hall–Kier alpha value is -3.35. The molecule has 0 saturated heterocycles. The van der Waals surface area contributed by atoms with Crippen molar-refractivity contribution in [1.82, 2.24) is 19.3 Å². The van der Waals surface area contributed by atoms with Gasteiger partial charge in [-0.05, 0) is 42.0 Å². The maximum atomic E-state index is 4.67. The first-order valence-corrected chi connectivity index (χ1v) is 12.9. The van der Waals surface area contributed by atoms with Crippen molar-refractivity contribution in [1.29, 1.82) is 0 Å². The van der Waals surface area contributed by atoms with E-state index >= 15 is 0 Å². The number of aromatic nitrogens is 4. The van der Waals surface area contributed by atoms with Gasteiger partial charge in [-0.1, -0.05) is 94.4 Å². The van der Waals surface area contributed by atoms with E-state index in [1.54, 1.807) is 11.8 Å². The number of benzene rings is 4. The molecule has 0 saturated carbocycles. The third-order valence-electron chi connectivity index (χ3n) is 5.98. The van der Waals surface area contributed by atoms with Crippen molar-refractivity contribution in [3.8, 4) is 5.69 Å². The summed E-state index contributed by atoms with van der Waals surface area (Å²) in [6, 6.07) is 35.9. The van der Waals surface area contributed by atoms with Crippen LogP contribution in [0.4, 0.5) is 0 Å². The summed E-state index contributed by atoms with van der Waals surface area (Å²) in [5.74, 6) is 1.74. The number of halogens is 1. The monoisotopic (exact) mass is 524 g/mol. The van der Waals surface area contributed by atoms with Crippen molar-refractivity contribution < 1.29 is 0 Å². The van der Waals surface area contributed by atoms with Crippen molar-refractivity contribution in [2.75, 3.05) is 0 Å². The van der Waals surface area contributed by atoms with Crippen molar-refractivity contribution in [2.24, 2.45) is 0 Å². The Bertz CT molecular complexity index is 1530. The van der Waals surface area contributed by atoms with Crippen LogP contribution in [0, 0.1) is 0 Å². The summed E-state index contributed by atoms with van der Waals surface area (Å²) in [7, 11) is 0. The maximum Gasteiger partial charge on any atom is 0.196 e. The number of rotatable bonds is 6. The molecule has 0 spiro atoms. The van der Waals surface area contributed by atoms with Crippen molar-refractivity contribution >= 4 is 49.5 Å². The summed E-state index contributed by atoms with van der Waals surface area (Å²) in [4.78, 5) is 0. The molecular formula is C28H21BrN4S. The molecule has 6 rings (SSSR count). The van der Waals surface area contributed by atoms with E-state index in [0.717, 1.165) is 26.9 Å². The first kappa shape index (κ1) is 21.2. The summed E-state index contributed by atoms with van der Waals surface area (Å²) in [5.41, 5.74) is 4.73. The third kappa shape index (κ3) is 3.93. The van der Waals surface area contributed by atoms with Crippen LogP contribution in [0.5, 0.6) is 0 Å². The summed E-state index contributed by atoms with van der Waals surface area (Å²) < 4.78 is 5.62. The Morgan fingerprint density at radius 2 is 1.29 bits per heavy atom. The Morgan fingerprint density at radius 1 is 0.676 bits per heavy atom. The van der Waals surface area contributed by atoms with Crippen LogP contribution in [0.1, 0.15) is 11.4 Å². The molecule has 6 aromatic rings. The lowest BCUT2D eigenvalue weighted by molar-refractivity contribution is 0.754. The van der Waals surface area contributed by atoms with Crippen LogP contribution in [0.15, 0.2) is 113 Å². The minimum absolute atomic E-state index is 0.634. The number of hydrogen-bond donors (Lipinski definition) is 0. The fraction of sp³-hybridized carbons (Fsp3) is 0.0714. The van der Waals surface area contributed by atoms with Crippen molar-refractivity contribution in [2.45, 2.75) is 17.5 Å². The average molecular weight is 525 g/mol. The van der Waals surface area contributed by atoms with E-state index in [1.807, 2.05) is 6.07 Å². The van der Waals surface area contributed by atoms with Crippen LogP contribution in [0.25, 0.3) is 27.5 Å². The molecule has 0 atom stereocenters. The minimum Gasteiger partial charge on any atom is -0.333 e. The van der Waals surface area contributed by atoms with Gasteiger partial charge in [-0.3, -0.25) is 4.57 Å². The van der Waals surface area contributed by atoms with Gasteiger partial charge in [0.15, 0.2) is 11.0 Å². The molecule has 34 heavy (non-hydrogen) atoms. The second-order valence-corrected chi connectivity index (χ2v) is 9.96. The van der Waals surface area contributed by atoms with Crippen LogP contribution in [0.3, 0.4) is 0 Å². The fourth-order valence-corrected chi connectivity index (χ4v) is 5.57. The lowest BCUT2D eigenvalue weighted by Crippen LogP contribution is -2.08. The zero-order valence-corrected chi connectivity index (χ0v) is 20.7. The van der Waals surface area contributed by atoms with Crippen LogP contribution >= 0.6 is 27.7 Å². The molecule has 4 nitrogen and oxygen atoms in total. The Labute approximate surface area is 210 Å². The molecule has 0 bridgehead atoms. The molecule has 0 amide bonds. The second-order valence-electron chi connectivity index (χ2n) is 8.11. The van der Waals surface area contributed by atoms with Gasteiger partial charge in [0.25, 0.3) is 0 Å². The molecular weight excluding hydrogens is 504 g/mol. The number of para-hydroxylation sites is 3. The van der Waals surface area contributed by atoms with Crippen LogP contribution in [-0.2, 0) is 12.3 Å². The highest BCUT2D eigenvalue weighted by molar-refractivity contribution is 9.10. The summed E-state index contributed by atoms with van der Waals surface area (Å²) in [6.45, 7) is 0.634. The SMILES string of the molecule is Brc1ccc(CSc2nnc(Cn3c4ccccc4c4ccccc43)n2-c2ccccc2)cc1. The number of fused-ring (bicyclic) bond motifs is 3. The Balaban J connectivity index is 1.43. The van der Waals surface area contributed by atoms with Crippen molar-refractivity contribution in [3.63, 3.8) is 0 Å². The van der Waals surface area contributed by atoms with Crippen LogP contribution in [-0.4, -0.2) is 19.3 Å². The minimum atomic E-state index is 0.634. The van der Waals surface area contributed by atoms with Crippen LogP contribution < -0.4 is 0 Å². The van der Waals surface area contributed by atoms with Crippen molar-refractivity contribution in [3.05, 3.63) is 119 Å². The first-order chi connectivity index (χ1) is 16.8. The van der Waals surface area contributed by atoms with Gasteiger partial charge in [0.2, 0.25) is 0 Å². The van der Waals surface area contributed by atoms with E-state index in [1.165, 1.54) is 27.4 Å². The largest absolute Gasteiger partial charge is 0.333 e. The van der Waals surface area contributed by atoms with Gasteiger partial charge in [0.05, 0.1) is 6.54 Å². The molecule has 6 heteroatoms. The number of hydrogen-bond acceptors (Lipinski definition) is 3. The van der Waals surface area contributed by atoms with E-state index in [4.69, 9.17) is 0 Å². The fourth-order valence-electron chi connectivity index (χ4n) is 4.38. The lowest BCUT2D eigenvalue weighted by Gasteiger charge is -2.12. The highest BCUT2D eigenvalue weighted by Gasteiger charge is 2.18. The highest BCUT2D eigenvalue weighted by atomic mass is 79.9. The molecule has 4 aromatic carbocycles. The predicted molar refractivity (Wildman–Crippen MR) is 144 cm³/mol. The predicted octanol–water partition coefficient (Wildman–Crippen LogP) is 7.48.